The molecule has 1 aliphatic carbocycles. The first kappa shape index (κ1) is 17.8. The number of nitrogens with one attached hydrogen (secondary N) is 1. The zero-order valence-electron chi connectivity index (χ0n) is 12.7. The number of nitrogens with zero attached hydrogens (tertiary/aromatic N) is 2. The fourth-order valence-electron chi connectivity index (χ4n) is 2.90. The van der Waals surface area contributed by atoms with Gasteiger partial charge in [-0.15, -0.1) is 6.58 Å². The van der Waals surface area contributed by atoms with Gasteiger partial charge in [-0.25, -0.2) is 0 Å². The Hall–Kier alpha value is -1.56. The standard InChI is InChI=1S/C16H19ClF3N3/c1-2-7-15(8-4-3-5-9-15)23-22-14(17)12-11-21-10-6-13(12)16(18,19)20/h2,6,10-11,23H,1,3-5,7-9H2. The van der Waals surface area contributed by atoms with Crippen molar-refractivity contribution in [2.45, 2.75) is 50.2 Å². The van der Waals surface area contributed by atoms with Crippen LogP contribution in [0.15, 0.2) is 36.2 Å². The Labute approximate surface area is 138 Å². The van der Waals surface area contributed by atoms with Crippen molar-refractivity contribution in [3.63, 3.8) is 0 Å². The molecule has 2 rings (SSSR count). The summed E-state index contributed by atoms with van der Waals surface area (Å²) in [6.07, 6.45) is 5.20. The number of pyridine rings is 1. The number of hydrogen-bond acceptors (Lipinski definition) is 3. The van der Waals surface area contributed by atoms with Crippen molar-refractivity contribution >= 4 is 16.8 Å². The van der Waals surface area contributed by atoms with Crippen LogP contribution in [0.3, 0.4) is 0 Å². The van der Waals surface area contributed by atoms with E-state index in [0.29, 0.717) is 6.42 Å². The van der Waals surface area contributed by atoms with Crippen LogP contribution in [-0.2, 0) is 6.18 Å². The lowest BCUT2D eigenvalue weighted by Crippen LogP contribution is -2.43. The van der Waals surface area contributed by atoms with E-state index in [0.717, 1.165) is 50.6 Å². The van der Waals surface area contributed by atoms with Crippen molar-refractivity contribution in [3.8, 4) is 0 Å². The summed E-state index contributed by atoms with van der Waals surface area (Å²) in [5.41, 5.74) is 1.66. The molecule has 1 aromatic heterocycles. The summed E-state index contributed by atoms with van der Waals surface area (Å²) in [5.74, 6) is 0. The Kier molecular flexibility index (Phi) is 5.68. The molecule has 0 radical (unpaired) electrons. The monoisotopic (exact) mass is 345 g/mol. The highest BCUT2D eigenvalue weighted by atomic mass is 35.5. The summed E-state index contributed by atoms with van der Waals surface area (Å²) in [7, 11) is 0. The molecule has 126 valence electrons. The van der Waals surface area contributed by atoms with E-state index in [9.17, 15) is 13.2 Å². The van der Waals surface area contributed by atoms with Crippen LogP contribution in [0.2, 0.25) is 0 Å². The molecule has 1 aromatic rings. The minimum absolute atomic E-state index is 0.223. The Balaban J connectivity index is 2.24. The van der Waals surface area contributed by atoms with Gasteiger partial charge >= 0.3 is 6.18 Å². The number of alkyl halides is 3. The van der Waals surface area contributed by atoms with Gasteiger partial charge < -0.3 is 5.43 Å². The predicted molar refractivity (Wildman–Crippen MR) is 85.4 cm³/mol. The van der Waals surface area contributed by atoms with Crippen LogP contribution in [0.4, 0.5) is 13.2 Å². The second kappa shape index (κ2) is 7.34. The lowest BCUT2D eigenvalue weighted by Gasteiger charge is -2.36. The van der Waals surface area contributed by atoms with Gasteiger partial charge in [0.2, 0.25) is 0 Å². The predicted octanol–water partition coefficient (Wildman–Crippen LogP) is 4.87. The Morgan fingerprint density at radius 3 is 2.70 bits per heavy atom. The zero-order chi connectivity index (χ0) is 16.9. The Morgan fingerprint density at radius 1 is 1.39 bits per heavy atom. The van der Waals surface area contributed by atoms with Crippen molar-refractivity contribution < 1.29 is 13.2 Å². The maximum absolute atomic E-state index is 13.0. The largest absolute Gasteiger partial charge is 0.417 e. The minimum atomic E-state index is -4.50. The number of hydrazone groups is 1. The van der Waals surface area contributed by atoms with E-state index in [4.69, 9.17) is 11.6 Å². The van der Waals surface area contributed by atoms with E-state index < -0.39 is 11.7 Å². The molecule has 1 fully saturated rings. The number of hydrogen-bond donors (Lipinski definition) is 1. The molecule has 0 bridgehead atoms. The quantitative estimate of drug-likeness (QED) is 0.469. The van der Waals surface area contributed by atoms with Gasteiger partial charge in [-0.1, -0.05) is 36.9 Å². The average Bonchev–Trinajstić information content (AvgIpc) is 2.53. The maximum atomic E-state index is 13.0. The Bertz CT molecular complexity index is 578. The fourth-order valence-corrected chi connectivity index (χ4v) is 3.09. The molecule has 1 N–H and O–H groups in total. The zero-order valence-corrected chi connectivity index (χ0v) is 13.4. The average molecular weight is 346 g/mol. The van der Waals surface area contributed by atoms with Gasteiger partial charge in [0.05, 0.1) is 11.1 Å². The van der Waals surface area contributed by atoms with Gasteiger partial charge in [-0.2, -0.15) is 18.3 Å². The van der Waals surface area contributed by atoms with Crippen molar-refractivity contribution in [2.24, 2.45) is 5.10 Å². The first-order valence-corrected chi connectivity index (χ1v) is 7.89. The third kappa shape index (κ3) is 4.47. The van der Waals surface area contributed by atoms with Gasteiger partial charge in [0, 0.05) is 18.0 Å². The van der Waals surface area contributed by atoms with Crippen LogP contribution in [0.1, 0.15) is 49.7 Å². The number of aromatic nitrogens is 1. The molecule has 0 atom stereocenters. The topological polar surface area (TPSA) is 37.3 Å². The SMILES string of the molecule is C=CCC1(NN=C(Cl)c2cnccc2C(F)(F)F)CCCCC1. The number of rotatable bonds is 5. The van der Waals surface area contributed by atoms with Crippen LogP contribution in [0.5, 0.6) is 0 Å². The van der Waals surface area contributed by atoms with Crippen molar-refractivity contribution in [1.29, 1.82) is 0 Å². The second-order valence-corrected chi connectivity index (χ2v) is 6.13. The molecule has 0 spiro atoms. The molecule has 0 saturated heterocycles. The van der Waals surface area contributed by atoms with Crippen molar-refractivity contribution in [2.75, 3.05) is 0 Å². The molecule has 1 heterocycles. The third-order valence-electron chi connectivity index (χ3n) is 4.09. The van der Waals surface area contributed by atoms with Gasteiger partial charge in [0.1, 0.15) is 0 Å². The summed E-state index contributed by atoms with van der Waals surface area (Å²) in [4.78, 5) is 3.72. The molecule has 1 aliphatic rings. The molecule has 1 saturated carbocycles. The lowest BCUT2D eigenvalue weighted by atomic mass is 9.80. The van der Waals surface area contributed by atoms with E-state index in [1.807, 2.05) is 0 Å². The van der Waals surface area contributed by atoms with Gasteiger partial charge in [0.25, 0.3) is 0 Å². The highest BCUT2D eigenvalue weighted by molar-refractivity contribution is 6.69. The van der Waals surface area contributed by atoms with Crippen LogP contribution in [-0.4, -0.2) is 15.7 Å². The minimum Gasteiger partial charge on any atom is -0.302 e. The highest BCUT2D eigenvalue weighted by Gasteiger charge is 2.35. The van der Waals surface area contributed by atoms with Crippen LogP contribution in [0, 0.1) is 0 Å². The van der Waals surface area contributed by atoms with E-state index in [2.05, 4.69) is 22.1 Å². The summed E-state index contributed by atoms with van der Waals surface area (Å²) in [6, 6.07) is 0.896. The third-order valence-corrected chi connectivity index (χ3v) is 4.37. The molecule has 7 heteroatoms. The summed E-state index contributed by atoms with van der Waals surface area (Å²) < 4.78 is 39.1. The van der Waals surface area contributed by atoms with Crippen molar-refractivity contribution in [3.05, 3.63) is 42.2 Å². The molecule has 0 amide bonds. The molecule has 23 heavy (non-hydrogen) atoms. The molecular weight excluding hydrogens is 327 g/mol. The first-order valence-electron chi connectivity index (χ1n) is 7.51. The highest BCUT2D eigenvalue weighted by Crippen LogP contribution is 2.33. The summed E-state index contributed by atoms with van der Waals surface area (Å²) >= 11 is 6.02. The Morgan fingerprint density at radius 2 is 2.09 bits per heavy atom. The van der Waals surface area contributed by atoms with Crippen LogP contribution in [0.25, 0.3) is 0 Å². The first-order chi connectivity index (χ1) is 10.9. The molecule has 0 unspecified atom stereocenters. The normalized spacial score (nSPS) is 18.5. The second-order valence-electron chi connectivity index (χ2n) is 5.77. The van der Waals surface area contributed by atoms with Gasteiger partial charge in [-0.05, 0) is 25.3 Å². The van der Waals surface area contributed by atoms with E-state index in [1.54, 1.807) is 6.08 Å². The van der Waals surface area contributed by atoms with Crippen LogP contribution < -0.4 is 5.43 Å². The summed E-state index contributed by atoms with van der Waals surface area (Å²) in [5, 5.41) is 3.79. The fraction of sp³-hybridized carbons (Fsp3) is 0.500. The summed E-state index contributed by atoms with van der Waals surface area (Å²) in [6.45, 7) is 3.75. The van der Waals surface area contributed by atoms with E-state index in [1.165, 1.54) is 0 Å². The van der Waals surface area contributed by atoms with E-state index >= 15 is 0 Å². The van der Waals surface area contributed by atoms with Gasteiger partial charge in [0.15, 0.2) is 5.17 Å². The molecular formula is C16H19ClF3N3. The van der Waals surface area contributed by atoms with Gasteiger partial charge in [-0.3, -0.25) is 4.98 Å². The maximum Gasteiger partial charge on any atom is 0.417 e. The molecule has 0 aliphatic heterocycles. The van der Waals surface area contributed by atoms with E-state index in [-0.39, 0.29) is 16.3 Å². The van der Waals surface area contributed by atoms with Crippen molar-refractivity contribution in [1.82, 2.24) is 10.4 Å². The smallest absolute Gasteiger partial charge is 0.302 e. The van der Waals surface area contributed by atoms with Crippen LogP contribution >= 0.6 is 11.6 Å². The lowest BCUT2D eigenvalue weighted by molar-refractivity contribution is -0.137. The number of halogens is 4. The molecule has 3 nitrogen and oxygen atoms in total. The molecule has 0 aromatic carbocycles.